The van der Waals surface area contributed by atoms with Gasteiger partial charge in [0.25, 0.3) is 0 Å². The Kier molecular flexibility index (Phi) is 7.94. The molecule has 1 aliphatic heterocycles. The highest BCUT2D eigenvalue weighted by atomic mass is 16.3. The van der Waals surface area contributed by atoms with Crippen LogP contribution >= 0.6 is 0 Å². The lowest BCUT2D eigenvalue weighted by molar-refractivity contribution is 0.0366. The molecule has 2 aliphatic rings. The number of nitrogens with zero attached hydrogens (tertiary/aromatic N) is 1. The predicted molar refractivity (Wildman–Crippen MR) is 146 cm³/mol. The zero-order valence-electron chi connectivity index (χ0n) is 21.9. The quantitative estimate of drug-likeness (QED) is 0.321. The van der Waals surface area contributed by atoms with Crippen LogP contribution in [0.3, 0.4) is 0 Å². The van der Waals surface area contributed by atoms with Gasteiger partial charge in [-0.1, -0.05) is 26.5 Å². The normalized spacial score (nSPS) is 24.3. The molecule has 4 rings (SSSR count). The summed E-state index contributed by atoms with van der Waals surface area (Å²) in [6.07, 6.45) is 5.44. The number of phenols is 1. The molecule has 2 fully saturated rings. The number of aliphatic hydroxyl groups is 1. The highest BCUT2D eigenvalue weighted by molar-refractivity contribution is 5.89. The number of benzene rings is 2. The zero-order valence-corrected chi connectivity index (χ0v) is 21.9. The molecule has 3 atom stereocenters. The lowest BCUT2D eigenvalue weighted by atomic mass is 9.61. The van der Waals surface area contributed by atoms with E-state index in [0.717, 1.165) is 31.7 Å². The molecule has 1 saturated carbocycles. The van der Waals surface area contributed by atoms with Gasteiger partial charge in [0.2, 0.25) is 0 Å². The first-order valence-corrected chi connectivity index (χ1v) is 13.3. The number of urea groups is 1. The fourth-order valence-electron chi connectivity index (χ4n) is 5.97. The van der Waals surface area contributed by atoms with Crippen LogP contribution in [-0.2, 0) is 11.8 Å². The van der Waals surface area contributed by atoms with Crippen molar-refractivity contribution in [2.45, 2.75) is 64.3 Å². The number of aliphatic hydroxyl groups excluding tert-OH is 1. The maximum Gasteiger partial charge on any atom is 0.319 e. The molecule has 0 spiro atoms. The van der Waals surface area contributed by atoms with Crippen molar-refractivity contribution in [1.29, 1.82) is 0 Å². The SMILES string of the molecule is C=C(O)c1ccc(NC(=O)NCCC2(c3cc(O)ccc3CC)CCN(CC3CC3)C(C)[C@@H]2C)cc1. The third-order valence-corrected chi connectivity index (χ3v) is 8.55. The average molecular weight is 492 g/mol. The molecule has 1 saturated heterocycles. The topological polar surface area (TPSA) is 84.8 Å². The van der Waals surface area contributed by atoms with Crippen LogP contribution in [-0.4, -0.2) is 46.8 Å². The Morgan fingerprint density at radius 1 is 1.17 bits per heavy atom. The van der Waals surface area contributed by atoms with Crippen molar-refractivity contribution in [3.63, 3.8) is 0 Å². The maximum absolute atomic E-state index is 12.7. The number of aryl methyl sites for hydroxylation is 1. The van der Waals surface area contributed by atoms with Gasteiger partial charge in [0.15, 0.2) is 0 Å². The second kappa shape index (κ2) is 11.0. The van der Waals surface area contributed by atoms with Crippen LogP contribution < -0.4 is 10.6 Å². The van der Waals surface area contributed by atoms with Crippen LogP contribution in [0.15, 0.2) is 49.0 Å². The number of hydrogen-bond donors (Lipinski definition) is 4. The van der Waals surface area contributed by atoms with Crippen LogP contribution in [0.5, 0.6) is 5.75 Å². The summed E-state index contributed by atoms with van der Waals surface area (Å²) in [7, 11) is 0. The summed E-state index contributed by atoms with van der Waals surface area (Å²) in [6, 6.07) is 12.9. The van der Waals surface area contributed by atoms with E-state index in [9.17, 15) is 15.0 Å². The molecule has 2 aromatic carbocycles. The summed E-state index contributed by atoms with van der Waals surface area (Å²) in [6.45, 7) is 13.1. The molecular weight excluding hydrogens is 450 g/mol. The van der Waals surface area contributed by atoms with Crippen molar-refractivity contribution in [3.8, 4) is 5.75 Å². The van der Waals surface area contributed by atoms with Gasteiger partial charge in [-0.2, -0.15) is 0 Å². The molecule has 6 heteroatoms. The van der Waals surface area contributed by atoms with Gasteiger partial charge in [-0.05, 0) is 105 Å². The largest absolute Gasteiger partial charge is 0.508 e. The van der Waals surface area contributed by atoms with Gasteiger partial charge >= 0.3 is 6.03 Å². The van der Waals surface area contributed by atoms with Gasteiger partial charge in [0, 0.05) is 35.8 Å². The first-order valence-electron chi connectivity index (χ1n) is 13.3. The maximum atomic E-state index is 12.7. The lowest BCUT2D eigenvalue weighted by Crippen LogP contribution is -2.55. The molecule has 1 aliphatic carbocycles. The highest BCUT2D eigenvalue weighted by Crippen LogP contribution is 2.48. The summed E-state index contributed by atoms with van der Waals surface area (Å²) < 4.78 is 0. The second-order valence-electron chi connectivity index (χ2n) is 10.7. The van der Waals surface area contributed by atoms with E-state index in [0.29, 0.717) is 35.5 Å². The number of amides is 2. The van der Waals surface area contributed by atoms with Crippen molar-refractivity contribution in [1.82, 2.24) is 10.2 Å². The number of piperidine rings is 1. The van der Waals surface area contributed by atoms with Crippen LogP contribution in [0.1, 0.15) is 63.1 Å². The molecule has 0 aromatic heterocycles. The Morgan fingerprint density at radius 2 is 1.89 bits per heavy atom. The monoisotopic (exact) mass is 491 g/mol. The van der Waals surface area contributed by atoms with Gasteiger partial charge in [-0.25, -0.2) is 4.79 Å². The lowest BCUT2D eigenvalue weighted by Gasteiger charge is -2.52. The van der Waals surface area contributed by atoms with Gasteiger partial charge < -0.3 is 25.7 Å². The van der Waals surface area contributed by atoms with Gasteiger partial charge in [-0.3, -0.25) is 0 Å². The van der Waals surface area contributed by atoms with Crippen LogP contribution in [0.4, 0.5) is 10.5 Å². The molecule has 2 aromatic rings. The summed E-state index contributed by atoms with van der Waals surface area (Å²) in [5.41, 5.74) is 3.66. The second-order valence-corrected chi connectivity index (χ2v) is 10.7. The smallest absolute Gasteiger partial charge is 0.319 e. The number of nitrogens with one attached hydrogen (secondary N) is 2. The Morgan fingerprint density at radius 3 is 2.53 bits per heavy atom. The van der Waals surface area contributed by atoms with Gasteiger partial charge in [0.05, 0.1) is 0 Å². The number of carbonyl (C=O) groups is 1. The standard InChI is InChI=1S/C30H41N3O3/c1-5-24-10-13-27(35)18-28(24)30(15-17-33(19-23-6-7-23)21(3)20(30)2)14-16-31-29(36)32-26-11-8-25(9-12-26)22(4)34/h8-13,18,20-21,23,34-35H,4-7,14-17,19H2,1-3H3,(H2,31,32,36)/t20-,21?,30?/m0/s1. The molecule has 1 heterocycles. The summed E-state index contributed by atoms with van der Waals surface area (Å²) in [4.78, 5) is 15.3. The third-order valence-electron chi connectivity index (χ3n) is 8.55. The number of rotatable bonds is 9. The van der Waals surface area contributed by atoms with E-state index < -0.39 is 0 Å². The van der Waals surface area contributed by atoms with E-state index >= 15 is 0 Å². The molecule has 36 heavy (non-hydrogen) atoms. The van der Waals surface area contributed by atoms with Gasteiger partial charge in [-0.15, -0.1) is 0 Å². The molecule has 2 unspecified atom stereocenters. The van der Waals surface area contributed by atoms with E-state index in [-0.39, 0.29) is 17.2 Å². The minimum Gasteiger partial charge on any atom is -0.508 e. The van der Waals surface area contributed by atoms with Crippen LogP contribution in [0.25, 0.3) is 5.76 Å². The first kappa shape index (κ1) is 26.1. The van der Waals surface area contributed by atoms with Crippen molar-refractivity contribution in [2.24, 2.45) is 11.8 Å². The summed E-state index contributed by atoms with van der Waals surface area (Å²) in [5, 5.41) is 25.9. The van der Waals surface area contributed by atoms with Crippen molar-refractivity contribution < 1.29 is 15.0 Å². The number of aromatic hydroxyl groups is 1. The number of anilines is 1. The number of carbonyl (C=O) groups excluding carboxylic acids is 1. The molecular formula is C30H41N3O3. The number of hydrogen-bond acceptors (Lipinski definition) is 4. The predicted octanol–water partition coefficient (Wildman–Crippen LogP) is 6.07. The minimum atomic E-state index is -0.251. The fourth-order valence-corrected chi connectivity index (χ4v) is 5.97. The Hall–Kier alpha value is -2.99. The van der Waals surface area contributed by atoms with E-state index in [1.54, 1.807) is 30.3 Å². The van der Waals surface area contributed by atoms with Gasteiger partial charge in [0.1, 0.15) is 11.5 Å². The minimum absolute atomic E-state index is 0.00113. The summed E-state index contributed by atoms with van der Waals surface area (Å²) >= 11 is 0. The first-order chi connectivity index (χ1) is 17.2. The van der Waals surface area contributed by atoms with E-state index in [2.05, 4.69) is 49.0 Å². The molecule has 2 amide bonds. The number of likely N-dealkylation sites (tertiary alicyclic amines) is 1. The Labute approximate surface area is 215 Å². The Balaban J connectivity index is 1.49. The van der Waals surface area contributed by atoms with E-state index in [4.69, 9.17) is 0 Å². The number of phenolic OH excluding ortho intramolecular Hbond substituents is 1. The fraction of sp³-hybridized carbons (Fsp3) is 0.500. The molecule has 6 nitrogen and oxygen atoms in total. The molecule has 194 valence electrons. The van der Waals surface area contributed by atoms with E-state index in [1.165, 1.54) is 30.5 Å². The van der Waals surface area contributed by atoms with Crippen molar-refractivity contribution in [2.75, 3.05) is 25.0 Å². The molecule has 0 bridgehead atoms. The molecule has 0 radical (unpaired) electrons. The van der Waals surface area contributed by atoms with Crippen LogP contribution in [0, 0.1) is 11.8 Å². The highest BCUT2D eigenvalue weighted by Gasteiger charge is 2.47. The summed E-state index contributed by atoms with van der Waals surface area (Å²) in [5.74, 6) is 1.54. The van der Waals surface area contributed by atoms with Crippen LogP contribution in [0.2, 0.25) is 0 Å². The average Bonchev–Trinajstić information content (AvgIpc) is 3.68. The van der Waals surface area contributed by atoms with Crippen molar-refractivity contribution in [3.05, 3.63) is 65.7 Å². The third kappa shape index (κ3) is 5.70. The Bertz CT molecular complexity index is 1080. The van der Waals surface area contributed by atoms with Crippen molar-refractivity contribution >= 4 is 17.5 Å². The van der Waals surface area contributed by atoms with E-state index in [1.807, 2.05) is 6.07 Å². The molecule has 4 N–H and O–H groups in total. The zero-order chi connectivity index (χ0) is 25.9.